The van der Waals surface area contributed by atoms with Crippen molar-refractivity contribution >= 4 is 5.69 Å². The van der Waals surface area contributed by atoms with Crippen LogP contribution in [0.2, 0.25) is 0 Å². The molecule has 1 aliphatic rings. The molecule has 0 aliphatic carbocycles. The highest BCUT2D eigenvalue weighted by Crippen LogP contribution is 2.28. The summed E-state index contributed by atoms with van der Waals surface area (Å²) in [6, 6.07) is 11.4. The SMILES string of the molecule is N#Cc1cc(N2CCc3nc(-c4ccccn4)oc3C2)ccn1. The first kappa shape index (κ1) is 13.5. The highest BCUT2D eigenvalue weighted by molar-refractivity contribution is 5.52. The Kier molecular flexibility index (Phi) is 3.24. The molecule has 112 valence electrons. The third kappa shape index (κ3) is 2.53. The number of nitriles is 1. The van der Waals surface area contributed by atoms with Gasteiger partial charge in [-0.05, 0) is 24.3 Å². The van der Waals surface area contributed by atoms with Crippen molar-refractivity contribution in [2.24, 2.45) is 0 Å². The zero-order valence-corrected chi connectivity index (χ0v) is 12.3. The van der Waals surface area contributed by atoms with Crippen LogP contribution in [0.1, 0.15) is 17.1 Å². The van der Waals surface area contributed by atoms with Gasteiger partial charge in [-0.25, -0.2) is 9.97 Å². The van der Waals surface area contributed by atoms with Gasteiger partial charge in [0.1, 0.15) is 23.2 Å². The molecule has 23 heavy (non-hydrogen) atoms. The Morgan fingerprint density at radius 3 is 2.96 bits per heavy atom. The normalized spacial score (nSPS) is 13.4. The van der Waals surface area contributed by atoms with Crippen molar-refractivity contribution in [2.75, 3.05) is 11.4 Å². The van der Waals surface area contributed by atoms with Gasteiger partial charge in [-0.1, -0.05) is 6.07 Å². The second-order valence-electron chi connectivity index (χ2n) is 5.29. The summed E-state index contributed by atoms with van der Waals surface area (Å²) in [6.07, 6.45) is 4.18. The average molecular weight is 303 g/mol. The Morgan fingerprint density at radius 1 is 1.17 bits per heavy atom. The molecule has 3 aromatic rings. The second-order valence-corrected chi connectivity index (χ2v) is 5.29. The van der Waals surface area contributed by atoms with Crippen LogP contribution in [0.5, 0.6) is 0 Å². The van der Waals surface area contributed by atoms with E-state index in [2.05, 4.69) is 25.9 Å². The predicted molar refractivity (Wildman–Crippen MR) is 83.4 cm³/mol. The van der Waals surface area contributed by atoms with Crippen molar-refractivity contribution in [3.8, 4) is 17.7 Å². The molecule has 6 nitrogen and oxygen atoms in total. The van der Waals surface area contributed by atoms with Crippen LogP contribution in [0.25, 0.3) is 11.6 Å². The molecule has 0 atom stereocenters. The first-order chi connectivity index (χ1) is 11.3. The van der Waals surface area contributed by atoms with Gasteiger partial charge in [0.15, 0.2) is 0 Å². The molecule has 0 fully saturated rings. The van der Waals surface area contributed by atoms with E-state index in [4.69, 9.17) is 9.68 Å². The Labute approximate surface area is 133 Å². The lowest BCUT2D eigenvalue weighted by atomic mass is 10.1. The number of anilines is 1. The summed E-state index contributed by atoms with van der Waals surface area (Å²) >= 11 is 0. The van der Waals surface area contributed by atoms with Crippen LogP contribution in [0.15, 0.2) is 47.1 Å². The molecule has 1 aliphatic heterocycles. The minimum Gasteiger partial charge on any atom is -0.438 e. The van der Waals surface area contributed by atoms with Crippen LogP contribution in [0, 0.1) is 11.3 Å². The van der Waals surface area contributed by atoms with Gasteiger partial charge < -0.3 is 9.32 Å². The highest BCUT2D eigenvalue weighted by atomic mass is 16.4. The third-order valence-corrected chi connectivity index (χ3v) is 3.84. The number of oxazole rings is 1. The van der Waals surface area contributed by atoms with E-state index in [1.165, 1.54) is 0 Å². The molecule has 4 heterocycles. The summed E-state index contributed by atoms with van der Waals surface area (Å²) in [4.78, 5) is 15.0. The van der Waals surface area contributed by atoms with Crippen LogP contribution < -0.4 is 4.90 Å². The molecule has 3 aromatic heterocycles. The molecule has 0 radical (unpaired) electrons. The fourth-order valence-corrected chi connectivity index (χ4v) is 2.69. The fraction of sp³-hybridized carbons (Fsp3) is 0.176. The summed E-state index contributed by atoms with van der Waals surface area (Å²) in [6.45, 7) is 1.46. The van der Waals surface area contributed by atoms with E-state index in [1.54, 1.807) is 18.5 Å². The summed E-state index contributed by atoms with van der Waals surface area (Å²) in [7, 11) is 0. The lowest BCUT2D eigenvalue weighted by Crippen LogP contribution is -2.29. The number of nitrogens with zero attached hydrogens (tertiary/aromatic N) is 5. The van der Waals surface area contributed by atoms with Gasteiger partial charge in [0, 0.05) is 31.0 Å². The zero-order chi connectivity index (χ0) is 15.6. The van der Waals surface area contributed by atoms with E-state index in [0.717, 1.165) is 35.8 Å². The maximum absolute atomic E-state index is 8.98. The van der Waals surface area contributed by atoms with Crippen LogP contribution in [-0.4, -0.2) is 21.5 Å². The summed E-state index contributed by atoms with van der Waals surface area (Å²) in [5, 5.41) is 8.98. The maximum atomic E-state index is 8.98. The maximum Gasteiger partial charge on any atom is 0.245 e. The lowest BCUT2D eigenvalue weighted by molar-refractivity contribution is 0.494. The number of pyridine rings is 2. The van der Waals surface area contributed by atoms with Gasteiger partial charge in [0.05, 0.1) is 12.2 Å². The number of aromatic nitrogens is 3. The third-order valence-electron chi connectivity index (χ3n) is 3.84. The van der Waals surface area contributed by atoms with Gasteiger partial charge in [-0.15, -0.1) is 0 Å². The molecule has 0 saturated carbocycles. The fourth-order valence-electron chi connectivity index (χ4n) is 2.69. The number of rotatable bonds is 2. The van der Waals surface area contributed by atoms with E-state index in [9.17, 15) is 0 Å². The lowest BCUT2D eigenvalue weighted by Gasteiger charge is -2.27. The molecule has 6 heteroatoms. The van der Waals surface area contributed by atoms with Gasteiger partial charge in [-0.2, -0.15) is 5.26 Å². The molecule has 0 bridgehead atoms. The molecule has 0 N–H and O–H groups in total. The summed E-state index contributed by atoms with van der Waals surface area (Å²) < 4.78 is 5.90. The molecule has 0 spiro atoms. The van der Waals surface area contributed by atoms with Crippen molar-refractivity contribution in [1.82, 2.24) is 15.0 Å². The van der Waals surface area contributed by atoms with Gasteiger partial charge >= 0.3 is 0 Å². The first-order valence-corrected chi connectivity index (χ1v) is 7.34. The van der Waals surface area contributed by atoms with Crippen molar-refractivity contribution in [3.63, 3.8) is 0 Å². The summed E-state index contributed by atoms with van der Waals surface area (Å²) in [5.41, 5.74) is 3.11. The van der Waals surface area contributed by atoms with Crippen molar-refractivity contribution < 1.29 is 4.42 Å². The molecule has 0 amide bonds. The zero-order valence-electron chi connectivity index (χ0n) is 12.3. The van der Waals surface area contributed by atoms with Crippen molar-refractivity contribution in [3.05, 3.63) is 59.9 Å². The van der Waals surface area contributed by atoms with Crippen LogP contribution in [-0.2, 0) is 13.0 Å². The van der Waals surface area contributed by atoms with E-state index in [0.29, 0.717) is 18.1 Å². The smallest absolute Gasteiger partial charge is 0.245 e. The number of hydrogen-bond acceptors (Lipinski definition) is 6. The molecule has 0 saturated heterocycles. The first-order valence-electron chi connectivity index (χ1n) is 7.34. The molecule has 0 aromatic carbocycles. The molecular formula is C17H13N5O. The van der Waals surface area contributed by atoms with Crippen molar-refractivity contribution in [2.45, 2.75) is 13.0 Å². The monoisotopic (exact) mass is 303 g/mol. The topological polar surface area (TPSA) is 78.8 Å². The van der Waals surface area contributed by atoms with E-state index < -0.39 is 0 Å². The minimum absolute atomic E-state index is 0.417. The Bertz CT molecular complexity index is 881. The molecular weight excluding hydrogens is 290 g/mol. The quantitative estimate of drug-likeness (QED) is 0.724. The minimum atomic E-state index is 0.417. The molecule has 4 rings (SSSR count). The van der Waals surface area contributed by atoms with Gasteiger partial charge in [-0.3, -0.25) is 4.98 Å². The van der Waals surface area contributed by atoms with Gasteiger partial charge in [0.25, 0.3) is 0 Å². The highest BCUT2D eigenvalue weighted by Gasteiger charge is 2.23. The number of fused-ring (bicyclic) bond motifs is 1. The largest absolute Gasteiger partial charge is 0.438 e. The van der Waals surface area contributed by atoms with E-state index in [1.807, 2.05) is 24.3 Å². The van der Waals surface area contributed by atoms with Crippen LogP contribution in [0.4, 0.5) is 5.69 Å². The van der Waals surface area contributed by atoms with Crippen molar-refractivity contribution in [1.29, 1.82) is 5.26 Å². The Morgan fingerprint density at radius 2 is 2.13 bits per heavy atom. The standard InChI is InChI=1S/C17H13N5O/c18-10-12-9-13(4-7-19-12)22-8-5-14-16(11-22)23-17(21-14)15-3-1-2-6-20-15/h1-4,6-7,9H,5,8,11H2. The van der Waals surface area contributed by atoms with Crippen LogP contribution >= 0.6 is 0 Å². The second kappa shape index (κ2) is 5.54. The van der Waals surface area contributed by atoms with Crippen LogP contribution in [0.3, 0.4) is 0 Å². The average Bonchev–Trinajstić information content (AvgIpc) is 3.06. The van der Waals surface area contributed by atoms with E-state index in [-0.39, 0.29) is 0 Å². The predicted octanol–water partition coefficient (Wildman–Crippen LogP) is 2.57. The Hall–Kier alpha value is -3.20. The van der Waals surface area contributed by atoms with Gasteiger partial charge in [0.2, 0.25) is 5.89 Å². The molecule has 0 unspecified atom stereocenters. The summed E-state index contributed by atoms with van der Waals surface area (Å²) in [5.74, 6) is 1.41. The Balaban J connectivity index is 1.62. The number of hydrogen-bond donors (Lipinski definition) is 0. The van der Waals surface area contributed by atoms with E-state index >= 15 is 0 Å².